The summed E-state index contributed by atoms with van der Waals surface area (Å²) in [7, 11) is 0. The van der Waals surface area contributed by atoms with E-state index in [-0.39, 0.29) is 16.8 Å². The molecule has 1 saturated heterocycles. The summed E-state index contributed by atoms with van der Waals surface area (Å²) in [6.07, 6.45) is 4.12. The minimum absolute atomic E-state index is 0.0421. The number of nitrogens with one attached hydrogen (secondary N) is 1. The highest BCUT2D eigenvalue weighted by Crippen LogP contribution is 2.32. The van der Waals surface area contributed by atoms with Crippen molar-refractivity contribution in [3.8, 4) is 0 Å². The van der Waals surface area contributed by atoms with E-state index in [1.807, 2.05) is 0 Å². The number of nitro groups is 1. The summed E-state index contributed by atoms with van der Waals surface area (Å²) in [6, 6.07) is 2.93. The Morgan fingerprint density at radius 1 is 1.50 bits per heavy atom. The van der Waals surface area contributed by atoms with E-state index >= 15 is 0 Å². The van der Waals surface area contributed by atoms with E-state index < -0.39 is 4.92 Å². The lowest BCUT2D eigenvalue weighted by Gasteiger charge is -2.11. The van der Waals surface area contributed by atoms with Crippen molar-refractivity contribution in [1.29, 1.82) is 0 Å². The Bertz CT molecular complexity index is 467. The van der Waals surface area contributed by atoms with Gasteiger partial charge in [0.15, 0.2) is 5.03 Å². The highest BCUT2D eigenvalue weighted by molar-refractivity contribution is 8.00. The van der Waals surface area contributed by atoms with Crippen molar-refractivity contribution >= 4 is 23.4 Å². The summed E-state index contributed by atoms with van der Waals surface area (Å²) < 4.78 is 0. The fourth-order valence-electron chi connectivity index (χ4n) is 1.77. The van der Waals surface area contributed by atoms with Gasteiger partial charge in [0.25, 0.3) is 0 Å². The summed E-state index contributed by atoms with van der Waals surface area (Å²) in [6.45, 7) is 0.681. The fourth-order valence-corrected chi connectivity index (χ4v) is 2.90. The number of hydrogen-bond acceptors (Lipinski definition) is 5. The number of carbonyl (C=O) groups excluding carboxylic acids is 1. The van der Waals surface area contributed by atoms with Crippen LogP contribution in [0.15, 0.2) is 23.4 Å². The summed E-state index contributed by atoms with van der Waals surface area (Å²) in [5.74, 6) is -0.0579. The quantitative estimate of drug-likeness (QED) is 0.666. The Morgan fingerprint density at radius 2 is 2.33 bits per heavy atom. The molecule has 1 N–H and O–H groups in total. The van der Waals surface area contributed by atoms with Gasteiger partial charge in [0.1, 0.15) is 0 Å². The number of carbonyl (C=O) groups is 1. The SMILES string of the molecule is O=C1NCCCCC1Sc1ncccc1[N+](=O)[O-]. The van der Waals surface area contributed by atoms with E-state index in [2.05, 4.69) is 10.3 Å². The first-order valence-electron chi connectivity index (χ1n) is 5.72. The molecule has 1 atom stereocenters. The van der Waals surface area contributed by atoms with Crippen LogP contribution in [0.3, 0.4) is 0 Å². The molecule has 1 unspecified atom stereocenters. The van der Waals surface area contributed by atoms with Crippen LogP contribution in [0.4, 0.5) is 5.69 Å². The van der Waals surface area contributed by atoms with Crippen LogP contribution in [-0.4, -0.2) is 27.6 Å². The Kier molecular flexibility index (Phi) is 4.14. The molecular weight excluding hydrogens is 254 g/mol. The Hall–Kier alpha value is -1.63. The van der Waals surface area contributed by atoms with Crippen LogP contribution in [0.1, 0.15) is 19.3 Å². The molecule has 18 heavy (non-hydrogen) atoms. The molecule has 7 heteroatoms. The number of amides is 1. The Morgan fingerprint density at radius 3 is 3.11 bits per heavy atom. The van der Waals surface area contributed by atoms with Crippen LogP contribution in [0, 0.1) is 10.1 Å². The average molecular weight is 267 g/mol. The molecule has 0 aliphatic carbocycles. The minimum atomic E-state index is -0.468. The van der Waals surface area contributed by atoms with E-state index in [9.17, 15) is 14.9 Å². The first kappa shape index (κ1) is 12.8. The molecule has 1 aromatic heterocycles. The molecule has 1 aliphatic rings. The third kappa shape index (κ3) is 2.98. The molecule has 0 aromatic carbocycles. The number of thioether (sulfide) groups is 1. The van der Waals surface area contributed by atoms with Crippen molar-refractivity contribution in [3.05, 3.63) is 28.4 Å². The van der Waals surface area contributed by atoms with Gasteiger partial charge in [-0.2, -0.15) is 0 Å². The monoisotopic (exact) mass is 267 g/mol. The Balaban J connectivity index is 2.17. The summed E-state index contributed by atoms with van der Waals surface area (Å²) in [4.78, 5) is 26.2. The van der Waals surface area contributed by atoms with Gasteiger partial charge in [-0.25, -0.2) is 4.98 Å². The maximum atomic E-state index is 11.8. The zero-order valence-electron chi connectivity index (χ0n) is 9.67. The van der Waals surface area contributed by atoms with E-state index in [4.69, 9.17) is 0 Å². The van der Waals surface area contributed by atoms with Gasteiger partial charge in [-0.1, -0.05) is 18.2 Å². The first-order chi connectivity index (χ1) is 8.68. The zero-order chi connectivity index (χ0) is 13.0. The molecule has 0 radical (unpaired) electrons. The molecule has 1 fully saturated rings. The van der Waals surface area contributed by atoms with Crippen molar-refractivity contribution in [2.24, 2.45) is 0 Å². The van der Waals surface area contributed by atoms with E-state index in [0.717, 1.165) is 19.3 Å². The smallest absolute Gasteiger partial charge is 0.301 e. The third-order valence-electron chi connectivity index (χ3n) is 2.69. The normalized spacial score (nSPS) is 20.0. The van der Waals surface area contributed by atoms with Gasteiger partial charge in [-0.05, 0) is 18.9 Å². The lowest BCUT2D eigenvalue weighted by atomic mass is 10.2. The molecular formula is C11H13N3O3S. The van der Waals surface area contributed by atoms with Gasteiger partial charge in [-0.15, -0.1) is 0 Å². The standard InChI is InChI=1S/C11H13N3O3S/c15-10-9(5-1-2-6-12-10)18-11-8(14(16)17)4-3-7-13-11/h3-4,7,9H,1-2,5-6H2,(H,12,15). The fraction of sp³-hybridized carbons (Fsp3) is 0.455. The first-order valence-corrected chi connectivity index (χ1v) is 6.60. The van der Waals surface area contributed by atoms with Crippen LogP contribution in [-0.2, 0) is 4.79 Å². The number of hydrogen-bond donors (Lipinski definition) is 1. The van der Waals surface area contributed by atoms with Gasteiger partial charge in [0.05, 0.1) is 10.2 Å². The topological polar surface area (TPSA) is 85.1 Å². The molecule has 1 amide bonds. The second-order valence-corrected chi connectivity index (χ2v) is 5.17. The van der Waals surface area contributed by atoms with Gasteiger partial charge in [0.2, 0.25) is 5.91 Å². The van der Waals surface area contributed by atoms with E-state index in [1.165, 1.54) is 30.1 Å². The largest absolute Gasteiger partial charge is 0.355 e. The molecule has 96 valence electrons. The number of pyridine rings is 1. The van der Waals surface area contributed by atoms with Gasteiger partial charge >= 0.3 is 5.69 Å². The van der Waals surface area contributed by atoms with Crippen LogP contribution < -0.4 is 5.32 Å². The van der Waals surface area contributed by atoms with E-state index in [1.54, 1.807) is 0 Å². The number of rotatable bonds is 3. The van der Waals surface area contributed by atoms with Crippen LogP contribution in [0.2, 0.25) is 0 Å². The second-order valence-electron chi connectivity index (χ2n) is 3.98. The van der Waals surface area contributed by atoms with Crippen LogP contribution >= 0.6 is 11.8 Å². The Labute approximate surface area is 108 Å². The van der Waals surface area contributed by atoms with Gasteiger partial charge in [0, 0.05) is 18.8 Å². The highest BCUT2D eigenvalue weighted by Gasteiger charge is 2.25. The van der Waals surface area contributed by atoms with Crippen molar-refractivity contribution in [1.82, 2.24) is 10.3 Å². The zero-order valence-corrected chi connectivity index (χ0v) is 10.5. The number of aromatic nitrogens is 1. The average Bonchev–Trinajstić information content (AvgIpc) is 2.55. The van der Waals surface area contributed by atoms with Crippen LogP contribution in [0.25, 0.3) is 0 Å². The van der Waals surface area contributed by atoms with Crippen molar-refractivity contribution < 1.29 is 9.72 Å². The molecule has 0 spiro atoms. The lowest BCUT2D eigenvalue weighted by Crippen LogP contribution is -2.30. The molecule has 1 aliphatic heterocycles. The maximum absolute atomic E-state index is 11.8. The second kappa shape index (κ2) is 5.81. The van der Waals surface area contributed by atoms with Crippen LogP contribution in [0.5, 0.6) is 0 Å². The minimum Gasteiger partial charge on any atom is -0.355 e. The summed E-state index contributed by atoms with van der Waals surface area (Å²) in [5.41, 5.74) is -0.0421. The molecule has 2 rings (SSSR count). The maximum Gasteiger partial charge on any atom is 0.301 e. The van der Waals surface area contributed by atoms with E-state index in [0.29, 0.717) is 11.6 Å². The highest BCUT2D eigenvalue weighted by atomic mass is 32.2. The van der Waals surface area contributed by atoms with Gasteiger partial charge in [-0.3, -0.25) is 14.9 Å². The predicted molar refractivity (Wildman–Crippen MR) is 67.4 cm³/mol. The lowest BCUT2D eigenvalue weighted by molar-refractivity contribution is -0.388. The van der Waals surface area contributed by atoms with Crippen molar-refractivity contribution in [2.75, 3.05) is 6.54 Å². The third-order valence-corrected chi connectivity index (χ3v) is 3.96. The van der Waals surface area contributed by atoms with Crippen molar-refractivity contribution in [3.63, 3.8) is 0 Å². The molecule has 6 nitrogen and oxygen atoms in total. The van der Waals surface area contributed by atoms with Gasteiger partial charge < -0.3 is 5.32 Å². The van der Waals surface area contributed by atoms with Crippen molar-refractivity contribution in [2.45, 2.75) is 29.5 Å². The molecule has 0 saturated carbocycles. The predicted octanol–water partition coefficient (Wildman–Crippen LogP) is 1.75. The molecule has 1 aromatic rings. The summed E-state index contributed by atoms with van der Waals surface area (Å²) in [5, 5.41) is 13.7. The molecule has 0 bridgehead atoms. The molecule has 2 heterocycles. The summed E-state index contributed by atoms with van der Waals surface area (Å²) >= 11 is 1.18. The number of nitrogens with zero attached hydrogens (tertiary/aromatic N) is 2.